The first-order valence-corrected chi connectivity index (χ1v) is 5.81. The summed E-state index contributed by atoms with van der Waals surface area (Å²) in [5, 5.41) is 0. The first-order valence-electron chi connectivity index (χ1n) is 5.81. The van der Waals surface area contributed by atoms with Gasteiger partial charge in [0.15, 0.2) is 0 Å². The molecule has 2 N–H and O–H groups in total. The van der Waals surface area contributed by atoms with Crippen LogP contribution in [0.1, 0.15) is 23.3 Å². The molecule has 92 valence electrons. The van der Waals surface area contributed by atoms with Crippen LogP contribution in [0.2, 0.25) is 0 Å². The second kappa shape index (κ2) is 5.23. The number of carbonyl (C=O) groups is 1. The lowest BCUT2D eigenvalue weighted by atomic mass is 9.97. The third-order valence-electron chi connectivity index (χ3n) is 3.18. The Labute approximate surface area is 99.6 Å². The zero-order valence-electron chi connectivity index (χ0n) is 9.60. The van der Waals surface area contributed by atoms with Crippen LogP contribution in [0.4, 0.5) is 4.39 Å². The maximum atomic E-state index is 12.7. The summed E-state index contributed by atoms with van der Waals surface area (Å²) in [4.78, 5) is 17.6. The molecule has 0 spiro atoms. The van der Waals surface area contributed by atoms with Gasteiger partial charge in [-0.25, -0.2) is 9.37 Å². The molecule has 1 aliphatic rings. The van der Waals surface area contributed by atoms with Gasteiger partial charge < -0.3 is 10.6 Å². The van der Waals surface area contributed by atoms with Crippen LogP contribution >= 0.6 is 0 Å². The van der Waals surface area contributed by atoms with E-state index >= 15 is 0 Å². The fourth-order valence-corrected chi connectivity index (χ4v) is 2.04. The van der Waals surface area contributed by atoms with E-state index in [1.165, 1.54) is 12.1 Å². The van der Waals surface area contributed by atoms with Crippen LogP contribution in [-0.2, 0) is 0 Å². The normalized spacial score (nSPS) is 17.2. The predicted molar refractivity (Wildman–Crippen MR) is 61.9 cm³/mol. The molecule has 17 heavy (non-hydrogen) atoms. The maximum Gasteiger partial charge on any atom is 0.272 e. The number of hydrogen-bond acceptors (Lipinski definition) is 3. The van der Waals surface area contributed by atoms with Crippen LogP contribution in [0.3, 0.4) is 0 Å². The molecule has 0 unspecified atom stereocenters. The van der Waals surface area contributed by atoms with E-state index in [1.807, 2.05) is 0 Å². The molecular formula is C12H16FN3O. The summed E-state index contributed by atoms with van der Waals surface area (Å²) in [5.41, 5.74) is 5.90. The minimum Gasteiger partial charge on any atom is -0.337 e. The summed E-state index contributed by atoms with van der Waals surface area (Å²) < 4.78 is 12.7. The summed E-state index contributed by atoms with van der Waals surface area (Å²) >= 11 is 0. The van der Waals surface area contributed by atoms with Crippen molar-refractivity contribution in [2.45, 2.75) is 12.8 Å². The quantitative estimate of drug-likeness (QED) is 0.835. The minimum absolute atomic E-state index is 0.125. The Kier molecular flexibility index (Phi) is 3.68. The van der Waals surface area contributed by atoms with E-state index < -0.39 is 5.82 Å². The molecule has 4 nitrogen and oxygen atoms in total. The van der Waals surface area contributed by atoms with Crippen molar-refractivity contribution >= 4 is 5.91 Å². The molecule has 1 aliphatic heterocycles. The molecule has 1 amide bonds. The molecule has 1 saturated heterocycles. The largest absolute Gasteiger partial charge is 0.337 e. The smallest absolute Gasteiger partial charge is 0.272 e. The SMILES string of the molecule is NCC1CCN(C(=O)c2ccc(F)cn2)CC1. The minimum atomic E-state index is -0.427. The number of halogens is 1. The highest BCUT2D eigenvalue weighted by Gasteiger charge is 2.23. The molecule has 2 rings (SSSR count). The zero-order chi connectivity index (χ0) is 12.3. The summed E-state index contributed by atoms with van der Waals surface area (Å²) in [7, 11) is 0. The molecule has 0 bridgehead atoms. The van der Waals surface area contributed by atoms with Gasteiger partial charge in [0.25, 0.3) is 5.91 Å². The zero-order valence-corrected chi connectivity index (χ0v) is 9.60. The highest BCUT2D eigenvalue weighted by atomic mass is 19.1. The number of rotatable bonds is 2. The van der Waals surface area contributed by atoms with Crippen molar-refractivity contribution in [2.75, 3.05) is 19.6 Å². The van der Waals surface area contributed by atoms with Gasteiger partial charge in [0, 0.05) is 13.1 Å². The average molecular weight is 237 g/mol. The van der Waals surface area contributed by atoms with Crippen LogP contribution in [-0.4, -0.2) is 35.4 Å². The summed E-state index contributed by atoms with van der Waals surface area (Å²) in [6.45, 7) is 2.09. The number of carbonyl (C=O) groups excluding carboxylic acids is 1. The van der Waals surface area contributed by atoms with Gasteiger partial charge in [-0.1, -0.05) is 0 Å². The molecule has 2 heterocycles. The molecule has 0 radical (unpaired) electrons. The van der Waals surface area contributed by atoms with Crippen LogP contribution in [0.5, 0.6) is 0 Å². The van der Waals surface area contributed by atoms with E-state index in [9.17, 15) is 9.18 Å². The highest BCUT2D eigenvalue weighted by molar-refractivity contribution is 5.92. The molecule has 0 aromatic carbocycles. The number of likely N-dealkylation sites (tertiary alicyclic amines) is 1. The summed E-state index contributed by atoms with van der Waals surface area (Å²) in [6.07, 6.45) is 2.94. The van der Waals surface area contributed by atoms with Gasteiger partial charge in [-0.2, -0.15) is 0 Å². The standard InChI is InChI=1S/C12H16FN3O/c13-10-1-2-11(15-8-10)12(17)16-5-3-9(7-14)4-6-16/h1-2,8-9H,3-7,14H2. The predicted octanol–water partition coefficient (Wildman–Crippen LogP) is 1.03. The molecule has 0 saturated carbocycles. The van der Waals surface area contributed by atoms with E-state index in [1.54, 1.807) is 4.90 Å². The average Bonchev–Trinajstić information content (AvgIpc) is 2.39. The van der Waals surface area contributed by atoms with E-state index in [2.05, 4.69) is 4.98 Å². The highest BCUT2D eigenvalue weighted by Crippen LogP contribution is 2.17. The van der Waals surface area contributed by atoms with Crippen LogP contribution < -0.4 is 5.73 Å². The first-order chi connectivity index (χ1) is 8.20. The molecule has 1 fully saturated rings. The van der Waals surface area contributed by atoms with Crippen molar-refractivity contribution in [2.24, 2.45) is 11.7 Å². The van der Waals surface area contributed by atoms with Gasteiger partial charge in [0.2, 0.25) is 0 Å². The molecule has 1 aromatic heterocycles. The lowest BCUT2D eigenvalue weighted by molar-refractivity contribution is 0.0687. The van der Waals surface area contributed by atoms with E-state index in [0.717, 1.165) is 19.0 Å². The third kappa shape index (κ3) is 2.79. The first kappa shape index (κ1) is 12.0. The number of pyridine rings is 1. The van der Waals surface area contributed by atoms with Gasteiger partial charge in [-0.15, -0.1) is 0 Å². The Morgan fingerprint density at radius 1 is 1.47 bits per heavy atom. The van der Waals surface area contributed by atoms with E-state index in [4.69, 9.17) is 5.73 Å². The van der Waals surface area contributed by atoms with Gasteiger partial charge in [0.1, 0.15) is 11.5 Å². The molecule has 0 atom stereocenters. The Balaban J connectivity index is 1.99. The Hall–Kier alpha value is -1.49. The molecule has 1 aromatic rings. The van der Waals surface area contributed by atoms with Crippen molar-refractivity contribution in [1.82, 2.24) is 9.88 Å². The molecule has 5 heteroatoms. The fourth-order valence-electron chi connectivity index (χ4n) is 2.04. The Bertz CT molecular complexity index is 385. The Morgan fingerprint density at radius 3 is 2.71 bits per heavy atom. The maximum absolute atomic E-state index is 12.7. The van der Waals surface area contributed by atoms with Crippen molar-refractivity contribution in [3.63, 3.8) is 0 Å². The van der Waals surface area contributed by atoms with E-state index in [0.29, 0.717) is 31.2 Å². The van der Waals surface area contributed by atoms with Crippen LogP contribution in [0.15, 0.2) is 18.3 Å². The number of amides is 1. The van der Waals surface area contributed by atoms with Gasteiger partial charge in [0.05, 0.1) is 6.20 Å². The summed E-state index contributed by atoms with van der Waals surface area (Å²) in [6, 6.07) is 2.68. The van der Waals surface area contributed by atoms with Crippen LogP contribution in [0.25, 0.3) is 0 Å². The second-order valence-corrected chi connectivity index (χ2v) is 4.33. The lowest BCUT2D eigenvalue weighted by Crippen LogP contribution is -2.40. The topological polar surface area (TPSA) is 59.2 Å². The van der Waals surface area contributed by atoms with Crippen molar-refractivity contribution < 1.29 is 9.18 Å². The number of hydrogen-bond donors (Lipinski definition) is 1. The fraction of sp³-hybridized carbons (Fsp3) is 0.500. The van der Waals surface area contributed by atoms with Crippen LogP contribution in [0, 0.1) is 11.7 Å². The monoisotopic (exact) mass is 237 g/mol. The number of aromatic nitrogens is 1. The van der Waals surface area contributed by atoms with E-state index in [-0.39, 0.29) is 5.91 Å². The van der Waals surface area contributed by atoms with Crippen molar-refractivity contribution in [3.8, 4) is 0 Å². The van der Waals surface area contributed by atoms with Gasteiger partial charge in [-0.05, 0) is 37.4 Å². The second-order valence-electron chi connectivity index (χ2n) is 4.33. The Morgan fingerprint density at radius 2 is 2.18 bits per heavy atom. The molecule has 0 aliphatic carbocycles. The lowest BCUT2D eigenvalue weighted by Gasteiger charge is -2.31. The van der Waals surface area contributed by atoms with Gasteiger partial charge in [-0.3, -0.25) is 4.79 Å². The van der Waals surface area contributed by atoms with Gasteiger partial charge >= 0.3 is 0 Å². The third-order valence-corrected chi connectivity index (χ3v) is 3.18. The molecular weight excluding hydrogens is 221 g/mol. The summed E-state index contributed by atoms with van der Waals surface area (Å²) in [5.74, 6) is -0.0379. The number of nitrogens with zero attached hydrogens (tertiary/aromatic N) is 2. The number of piperidine rings is 1. The van der Waals surface area contributed by atoms with Crippen molar-refractivity contribution in [1.29, 1.82) is 0 Å². The van der Waals surface area contributed by atoms with Crippen molar-refractivity contribution in [3.05, 3.63) is 29.8 Å². The number of nitrogens with two attached hydrogens (primary N) is 1.